The molecule has 0 bridgehead atoms. The van der Waals surface area contributed by atoms with Crippen LogP contribution in [-0.4, -0.2) is 9.55 Å². The van der Waals surface area contributed by atoms with E-state index >= 15 is 0 Å². The number of unbranched alkanes of at least 4 members (excludes halogenated alkanes) is 1. The largest absolute Gasteiger partial charge is 0.335 e. The van der Waals surface area contributed by atoms with Gasteiger partial charge in [0.2, 0.25) is 0 Å². The van der Waals surface area contributed by atoms with Gasteiger partial charge in [-0.15, -0.1) is 0 Å². The molecule has 11 heavy (non-hydrogen) atoms. The van der Waals surface area contributed by atoms with Crippen molar-refractivity contribution < 1.29 is 0 Å². The lowest BCUT2D eigenvalue weighted by molar-refractivity contribution is 0.485. The Morgan fingerprint density at radius 2 is 2.36 bits per heavy atom. The second-order valence-corrected chi connectivity index (χ2v) is 3.00. The van der Waals surface area contributed by atoms with Gasteiger partial charge in [-0.2, -0.15) is 0 Å². The van der Waals surface area contributed by atoms with E-state index in [0.717, 1.165) is 0 Å². The summed E-state index contributed by atoms with van der Waals surface area (Å²) < 4.78 is 2.16. The number of rotatable bonds is 4. The molecule has 0 N–H and O–H groups in total. The molecule has 2 nitrogen and oxygen atoms in total. The molecule has 0 fully saturated rings. The molecule has 0 aliphatic rings. The first kappa shape index (κ1) is 8.31. The van der Waals surface area contributed by atoms with Crippen LogP contribution in [0.25, 0.3) is 0 Å². The average molecular weight is 152 g/mol. The summed E-state index contributed by atoms with van der Waals surface area (Å²) in [5.74, 6) is 0. The van der Waals surface area contributed by atoms with Crippen LogP contribution in [0.2, 0.25) is 0 Å². The van der Waals surface area contributed by atoms with Gasteiger partial charge in [0.05, 0.1) is 6.33 Å². The number of hydrogen-bond donors (Lipinski definition) is 0. The standard InChI is InChI=1S/C9H16N2/c1-3-4-5-9(2)11-7-6-10-8-11/h6-9H,3-5H2,1-2H3/t9-/m1/s1. The topological polar surface area (TPSA) is 17.8 Å². The summed E-state index contributed by atoms with van der Waals surface area (Å²) in [6.45, 7) is 4.46. The minimum absolute atomic E-state index is 0.609. The van der Waals surface area contributed by atoms with E-state index in [1.165, 1.54) is 19.3 Å². The van der Waals surface area contributed by atoms with Gasteiger partial charge in [0.15, 0.2) is 0 Å². The Hall–Kier alpha value is -0.790. The maximum absolute atomic E-state index is 4.01. The first-order valence-corrected chi connectivity index (χ1v) is 4.32. The smallest absolute Gasteiger partial charge is 0.0948 e. The Balaban J connectivity index is 2.36. The van der Waals surface area contributed by atoms with Crippen molar-refractivity contribution in [2.24, 2.45) is 0 Å². The molecule has 62 valence electrons. The number of aromatic nitrogens is 2. The highest BCUT2D eigenvalue weighted by atomic mass is 15.0. The van der Waals surface area contributed by atoms with Gasteiger partial charge in [0.25, 0.3) is 0 Å². The average Bonchev–Trinajstić information content (AvgIpc) is 2.52. The van der Waals surface area contributed by atoms with E-state index in [9.17, 15) is 0 Å². The van der Waals surface area contributed by atoms with Crippen molar-refractivity contribution in [3.05, 3.63) is 18.7 Å². The minimum atomic E-state index is 0.609. The molecule has 1 rings (SSSR count). The maximum atomic E-state index is 4.01. The van der Waals surface area contributed by atoms with E-state index in [4.69, 9.17) is 0 Å². The Kier molecular flexibility index (Phi) is 3.14. The third-order valence-electron chi connectivity index (χ3n) is 2.01. The van der Waals surface area contributed by atoms with Crippen LogP contribution in [0.4, 0.5) is 0 Å². The van der Waals surface area contributed by atoms with Crippen LogP contribution in [0.15, 0.2) is 18.7 Å². The highest BCUT2D eigenvalue weighted by molar-refractivity contribution is 4.78. The Morgan fingerprint density at radius 1 is 1.55 bits per heavy atom. The molecule has 0 amide bonds. The molecule has 0 unspecified atom stereocenters. The SMILES string of the molecule is CCCC[C@@H](C)n1ccnc1. The maximum Gasteiger partial charge on any atom is 0.0948 e. The lowest BCUT2D eigenvalue weighted by Gasteiger charge is -2.11. The fraction of sp³-hybridized carbons (Fsp3) is 0.667. The fourth-order valence-corrected chi connectivity index (χ4v) is 1.18. The van der Waals surface area contributed by atoms with E-state index in [2.05, 4.69) is 23.4 Å². The summed E-state index contributed by atoms with van der Waals surface area (Å²) in [5.41, 5.74) is 0. The molecule has 2 heteroatoms. The quantitative estimate of drug-likeness (QED) is 0.648. The van der Waals surface area contributed by atoms with Crippen molar-refractivity contribution in [3.8, 4) is 0 Å². The first-order valence-electron chi connectivity index (χ1n) is 4.32. The van der Waals surface area contributed by atoms with Crippen LogP contribution in [0, 0.1) is 0 Å². The minimum Gasteiger partial charge on any atom is -0.335 e. The van der Waals surface area contributed by atoms with Crippen molar-refractivity contribution in [2.75, 3.05) is 0 Å². The van der Waals surface area contributed by atoms with Gasteiger partial charge in [-0.05, 0) is 13.3 Å². The third-order valence-corrected chi connectivity index (χ3v) is 2.01. The van der Waals surface area contributed by atoms with Gasteiger partial charge in [-0.3, -0.25) is 0 Å². The molecule has 1 aromatic heterocycles. The zero-order valence-electron chi connectivity index (χ0n) is 7.33. The summed E-state index contributed by atoms with van der Waals surface area (Å²) in [4.78, 5) is 4.01. The van der Waals surface area contributed by atoms with Crippen molar-refractivity contribution >= 4 is 0 Å². The van der Waals surface area contributed by atoms with Crippen LogP contribution < -0.4 is 0 Å². The Bertz CT molecular complexity index is 179. The van der Waals surface area contributed by atoms with Gasteiger partial charge in [-0.1, -0.05) is 19.8 Å². The summed E-state index contributed by atoms with van der Waals surface area (Å²) in [6.07, 6.45) is 9.59. The van der Waals surface area contributed by atoms with Gasteiger partial charge in [0, 0.05) is 18.4 Å². The fourth-order valence-electron chi connectivity index (χ4n) is 1.18. The molecule has 1 aromatic rings. The molecule has 0 aliphatic carbocycles. The highest BCUT2D eigenvalue weighted by Crippen LogP contribution is 2.12. The monoisotopic (exact) mass is 152 g/mol. The molecule has 1 atom stereocenters. The third kappa shape index (κ3) is 2.37. The van der Waals surface area contributed by atoms with Gasteiger partial charge < -0.3 is 4.57 Å². The summed E-state index contributed by atoms with van der Waals surface area (Å²) in [5, 5.41) is 0. The Labute approximate surface area is 68.3 Å². The van der Waals surface area contributed by atoms with Crippen LogP contribution in [0.5, 0.6) is 0 Å². The molecular weight excluding hydrogens is 136 g/mol. The number of hydrogen-bond acceptors (Lipinski definition) is 1. The van der Waals surface area contributed by atoms with Gasteiger partial charge in [-0.25, -0.2) is 4.98 Å². The lowest BCUT2D eigenvalue weighted by atomic mass is 10.1. The molecule has 0 spiro atoms. The van der Waals surface area contributed by atoms with Crippen LogP contribution >= 0.6 is 0 Å². The number of imidazole rings is 1. The molecule has 0 radical (unpaired) electrons. The number of nitrogens with zero attached hydrogens (tertiary/aromatic N) is 2. The summed E-state index contributed by atoms with van der Waals surface area (Å²) in [7, 11) is 0. The second kappa shape index (κ2) is 4.16. The predicted octanol–water partition coefficient (Wildman–Crippen LogP) is 2.63. The van der Waals surface area contributed by atoms with E-state index in [0.29, 0.717) is 6.04 Å². The highest BCUT2D eigenvalue weighted by Gasteiger charge is 2.00. The summed E-state index contributed by atoms with van der Waals surface area (Å²) >= 11 is 0. The van der Waals surface area contributed by atoms with Gasteiger partial charge >= 0.3 is 0 Å². The normalized spacial score (nSPS) is 13.3. The van der Waals surface area contributed by atoms with E-state index < -0.39 is 0 Å². The van der Waals surface area contributed by atoms with Crippen molar-refractivity contribution in [2.45, 2.75) is 39.2 Å². The molecule has 0 saturated carbocycles. The molecule has 0 aliphatic heterocycles. The molecule has 0 aromatic carbocycles. The molecule has 1 heterocycles. The molecule has 0 saturated heterocycles. The van der Waals surface area contributed by atoms with E-state index in [1.54, 1.807) is 0 Å². The lowest BCUT2D eigenvalue weighted by Crippen LogP contribution is -2.01. The van der Waals surface area contributed by atoms with E-state index in [-0.39, 0.29) is 0 Å². The van der Waals surface area contributed by atoms with Crippen LogP contribution in [0.3, 0.4) is 0 Å². The first-order chi connectivity index (χ1) is 5.34. The van der Waals surface area contributed by atoms with Crippen LogP contribution in [0.1, 0.15) is 39.2 Å². The zero-order chi connectivity index (χ0) is 8.10. The predicted molar refractivity (Wildman–Crippen MR) is 46.5 cm³/mol. The van der Waals surface area contributed by atoms with Crippen molar-refractivity contribution in [1.82, 2.24) is 9.55 Å². The van der Waals surface area contributed by atoms with Crippen molar-refractivity contribution in [1.29, 1.82) is 0 Å². The van der Waals surface area contributed by atoms with E-state index in [1.807, 2.05) is 18.7 Å². The molecular formula is C9H16N2. The second-order valence-electron chi connectivity index (χ2n) is 3.00. The van der Waals surface area contributed by atoms with Gasteiger partial charge in [0.1, 0.15) is 0 Å². The summed E-state index contributed by atoms with van der Waals surface area (Å²) in [6, 6.07) is 0.609. The Morgan fingerprint density at radius 3 is 2.91 bits per heavy atom. The zero-order valence-corrected chi connectivity index (χ0v) is 7.33. The van der Waals surface area contributed by atoms with Crippen LogP contribution in [-0.2, 0) is 0 Å². The van der Waals surface area contributed by atoms with Crippen molar-refractivity contribution in [3.63, 3.8) is 0 Å².